The number of ether oxygens (including phenoxy) is 3. The number of halogens is 1. The van der Waals surface area contributed by atoms with Crippen molar-refractivity contribution < 1.29 is 38.5 Å². The van der Waals surface area contributed by atoms with Crippen LogP contribution in [0.5, 0.6) is 0 Å². The number of carbonyl (C=O) groups is 4. The maximum Gasteiger partial charge on any atom is 0.313 e. The number of methoxy groups -OCH3 is 1. The molecular formula is C39H46BrN3O8. The minimum Gasteiger partial charge on any atom is -0.455 e. The molecule has 2 aromatic rings. The summed E-state index contributed by atoms with van der Waals surface area (Å²) in [6.45, 7) is 7.44. The zero-order valence-corrected chi connectivity index (χ0v) is 31.2. The molecule has 2 aromatic carbocycles. The van der Waals surface area contributed by atoms with E-state index in [2.05, 4.69) is 21.2 Å². The Bertz CT molecular complexity index is 1730. The SMILES string of the molecule is COC[C@@H]1NC(=O)CC/C=C\CN(c2cc(C)ccc2C)C(=O)[C@H]2N([C@@H](CO)C(C)C)C(=O)[C@@H]3[C@@H](C(=O)O[C@H]1c1ccccc1)[C@@H]1O[C@@]32C=C1Br. The first-order valence-corrected chi connectivity index (χ1v) is 18.3. The summed E-state index contributed by atoms with van der Waals surface area (Å²) in [6.07, 6.45) is 4.15. The van der Waals surface area contributed by atoms with Gasteiger partial charge in [-0.1, -0.05) is 84.4 Å². The molecule has 4 heterocycles. The van der Waals surface area contributed by atoms with Gasteiger partial charge in [0.05, 0.1) is 31.2 Å². The van der Waals surface area contributed by atoms with Crippen LogP contribution in [0.1, 0.15) is 49.5 Å². The highest BCUT2D eigenvalue weighted by atomic mass is 79.9. The smallest absolute Gasteiger partial charge is 0.313 e. The van der Waals surface area contributed by atoms with Gasteiger partial charge in [-0.3, -0.25) is 19.2 Å². The third kappa shape index (κ3) is 6.67. The molecule has 4 aliphatic rings. The quantitative estimate of drug-likeness (QED) is 0.315. The van der Waals surface area contributed by atoms with E-state index in [1.165, 1.54) is 12.0 Å². The molecule has 0 aliphatic carbocycles. The van der Waals surface area contributed by atoms with E-state index in [0.29, 0.717) is 22.2 Å². The normalized spacial score (nSPS) is 31.0. The van der Waals surface area contributed by atoms with Crippen LogP contribution in [-0.2, 0) is 33.4 Å². The summed E-state index contributed by atoms with van der Waals surface area (Å²) in [7, 11) is 1.51. The van der Waals surface area contributed by atoms with Crippen molar-refractivity contribution in [2.75, 3.05) is 31.8 Å². The first kappa shape index (κ1) is 36.9. The van der Waals surface area contributed by atoms with Crippen molar-refractivity contribution in [1.29, 1.82) is 0 Å². The Hall–Kier alpha value is -3.84. The number of nitrogens with one attached hydrogen (secondary N) is 1. The summed E-state index contributed by atoms with van der Waals surface area (Å²) in [5.74, 6) is -4.30. The number of esters is 1. The summed E-state index contributed by atoms with van der Waals surface area (Å²) in [4.78, 5) is 61.1. The predicted octanol–water partition coefficient (Wildman–Crippen LogP) is 4.29. The van der Waals surface area contributed by atoms with Crippen molar-refractivity contribution in [2.45, 2.75) is 76.5 Å². The van der Waals surface area contributed by atoms with E-state index in [4.69, 9.17) is 14.2 Å². The number of aliphatic hydroxyl groups excluding tert-OH is 1. The monoisotopic (exact) mass is 763 g/mol. The Morgan fingerprint density at radius 3 is 2.47 bits per heavy atom. The van der Waals surface area contributed by atoms with Gasteiger partial charge in [-0.05, 0) is 55.0 Å². The second-order valence-electron chi connectivity index (χ2n) is 14.2. The molecule has 0 unspecified atom stereocenters. The number of likely N-dealkylation sites (tertiary alicyclic amines) is 1. The number of aliphatic hydroxyl groups is 1. The van der Waals surface area contributed by atoms with Crippen LogP contribution in [0, 0.1) is 31.6 Å². The molecule has 0 radical (unpaired) electrons. The van der Waals surface area contributed by atoms with E-state index in [-0.39, 0.29) is 31.4 Å². The van der Waals surface area contributed by atoms with Gasteiger partial charge < -0.3 is 34.4 Å². The summed E-state index contributed by atoms with van der Waals surface area (Å²) in [6, 6.07) is 12.2. The number of anilines is 1. The van der Waals surface area contributed by atoms with Gasteiger partial charge >= 0.3 is 5.97 Å². The summed E-state index contributed by atoms with van der Waals surface area (Å²) in [5.41, 5.74) is 1.57. The summed E-state index contributed by atoms with van der Waals surface area (Å²) < 4.78 is 19.1. The van der Waals surface area contributed by atoms with E-state index >= 15 is 4.79 Å². The van der Waals surface area contributed by atoms with E-state index in [9.17, 15) is 19.5 Å². The lowest BCUT2D eigenvalue weighted by Gasteiger charge is -2.40. The molecule has 2 saturated heterocycles. The highest BCUT2D eigenvalue weighted by molar-refractivity contribution is 9.11. The average Bonchev–Trinajstić information content (AvgIpc) is 3.69. The zero-order chi connectivity index (χ0) is 36.6. The molecule has 0 aromatic heterocycles. The topological polar surface area (TPSA) is 135 Å². The number of fused-ring (bicyclic) bond motifs is 2. The Kier molecular flexibility index (Phi) is 10.9. The lowest BCUT2D eigenvalue weighted by atomic mass is 9.74. The number of benzene rings is 2. The number of aryl methyl sites for hydroxylation is 2. The standard InChI is InChI=1S/C39H46BrN3O8/c1-22(2)29(20-44)43-35-37(47)42(28-18-23(3)15-16-24(28)4)17-11-7-10-14-30(45)41-27(21-49-5)33(25-12-8-6-9-13-25)50-38(48)31-32(36(43)46)39(35)19-26(40)34(31)51-39/h6-9,11-13,15-16,18-19,22,27,29,31-35,44H,10,14,17,20-21H2,1-5H3,(H,41,45)/b11-7-/t27-,29-,31+,32-,33-,34+,35+,39-/m0/s1. The van der Waals surface area contributed by atoms with E-state index in [0.717, 1.165) is 11.1 Å². The van der Waals surface area contributed by atoms with Crippen LogP contribution in [0.4, 0.5) is 5.69 Å². The number of amides is 3. The molecule has 272 valence electrons. The molecule has 2 fully saturated rings. The van der Waals surface area contributed by atoms with Crippen LogP contribution in [0.3, 0.4) is 0 Å². The maximum atomic E-state index is 15.3. The van der Waals surface area contributed by atoms with Crippen molar-refractivity contribution in [2.24, 2.45) is 17.8 Å². The number of cyclic esters (lactones) is 1. The Morgan fingerprint density at radius 1 is 1.04 bits per heavy atom. The van der Waals surface area contributed by atoms with E-state index in [1.807, 2.05) is 76.2 Å². The molecule has 12 heteroatoms. The fourth-order valence-corrected chi connectivity index (χ4v) is 8.79. The lowest BCUT2D eigenvalue weighted by molar-refractivity contribution is -0.162. The Morgan fingerprint density at radius 2 is 1.78 bits per heavy atom. The average molecular weight is 765 g/mol. The van der Waals surface area contributed by atoms with Crippen LogP contribution in [0.25, 0.3) is 0 Å². The molecule has 1 spiro atoms. The summed E-state index contributed by atoms with van der Waals surface area (Å²) >= 11 is 3.62. The Labute approximate surface area is 307 Å². The van der Waals surface area contributed by atoms with Crippen molar-refractivity contribution in [3.63, 3.8) is 0 Å². The number of hydrogen-bond acceptors (Lipinski definition) is 8. The van der Waals surface area contributed by atoms with Crippen molar-refractivity contribution in [3.8, 4) is 0 Å². The first-order valence-electron chi connectivity index (χ1n) is 17.5. The van der Waals surface area contributed by atoms with Gasteiger partial charge in [0, 0.05) is 30.2 Å². The van der Waals surface area contributed by atoms with Crippen LogP contribution in [0.2, 0.25) is 0 Å². The minimum absolute atomic E-state index is 0.0522. The van der Waals surface area contributed by atoms with Gasteiger partial charge in [-0.2, -0.15) is 0 Å². The third-order valence-corrected chi connectivity index (χ3v) is 11.2. The highest BCUT2D eigenvalue weighted by Gasteiger charge is 2.75. The zero-order valence-electron chi connectivity index (χ0n) is 29.6. The first-order chi connectivity index (χ1) is 24.4. The number of allylic oxidation sites excluding steroid dienone is 1. The molecular weight excluding hydrogens is 718 g/mol. The van der Waals surface area contributed by atoms with Crippen molar-refractivity contribution >= 4 is 45.3 Å². The second-order valence-corrected chi connectivity index (χ2v) is 15.1. The second kappa shape index (κ2) is 15.0. The van der Waals surface area contributed by atoms with Crippen LogP contribution in [-0.4, -0.2) is 90.4 Å². The highest BCUT2D eigenvalue weighted by Crippen LogP contribution is 2.59. The van der Waals surface area contributed by atoms with E-state index < -0.39 is 72.2 Å². The molecule has 11 nitrogen and oxygen atoms in total. The molecule has 4 aliphatic heterocycles. The summed E-state index contributed by atoms with van der Waals surface area (Å²) in [5, 5.41) is 13.7. The number of rotatable bonds is 7. The van der Waals surface area contributed by atoms with Crippen LogP contribution in [0.15, 0.2) is 71.2 Å². The number of carbonyl (C=O) groups excluding carboxylic acids is 4. The van der Waals surface area contributed by atoms with Crippen LogP contribution >= 0.6 is 15.9 Å². The molecule has 5 bridgehead atoms. The fraction of sp³-hybridized carbons (Fsp3) is 0.487. The number of hydrogen-bond donors (Lipinski definition) is 2. The largest absolute Gasteiger partial charge is 0.455 e. The molecule has 51 heavy (non-hydrogen) atoms. The third-order valence-electron chi connectivity index (χ3n) is 10.5. The van der Waals surface area contributed by atoms with Crippen molar-refractivity contribution in [1.82, 2.24) is 10.2 Å². The Balaban J connectivity index is 1.53. The van der Waals surface area contributed by atoms with Gasteiger partial charge in [-0.25, -0.2) is 0 Å². The number of nitrogens with zero attached hydrogens (tertiary/aromatic N) is 2. The van der Waals surface area contributed by atoms with Gasteiger partial charge in [0.1, 0.15) is 29.8 Å². The minimum atomic E-state index is -1.53. The van der Waals surface area contributed by atoms with Gasteiger partial charge in [0.2, 0.25) is 11.8 Å². The molecule has 2 N–H and O–H groups in total. The molecule has 6 rings (SSSR count). The fourth-order valence-electron chi connectivity index (χ4n) is 8.05. The van der Waals surface area contributed by atoms with Gasteiger partial charge in [-0.15, -0.1) is 0 Å². The molecule has 0 saturated carbocycles. The maximum absolute atomic E-state index is 15.3. The molecule has 3 amide bonds. The van der Waals surface area contributed by atoms with Gasteiger partial charge in [0.25, 0.3) is 5.91 Å². The molecule has 8 atom stereocenters. The predicted molar refractivity (Wildman–Crippen MR) is 194 cm³/mol. The lowest BCUT2D eigenvalue weighted by Crippen LogP contribution is -2.59. The van der Waals surface area contributed by atoms with E-state index in [1.54, 1.807) is 23.1 Å². The van der Waals surface area contributed by atoms with Crippen LogP contribution < -0.4 is 10.2 Å². The van der Waals surface area contributed by atoms with Crippen molar-refractivity contribution in [3.05, 3.63) is 87.9 Å². The van der Waals surface area contributed by atoms with Gasteiger partial charge in [0.15, 0.2) is 0 Å².